The fourth-order valence-electron chi connectivity index (χ4n) is 1.44. The van der Waals surface area contributed by atoms with Gasteiger partial charge in [-0.2, -0.15) is 0 Å². The molecule has 0 atom stereocenters. The zero-order chi connectivity index (χ0) is 12.1. The van der Waals surface area contributed by atoms with Crippen molar-refractivity contribution < 1.29 is 5.11 Å². The van der Waals surface area contributed by atoms with Crippen LogP contribution in [0, 0.1) is 3.57 Å². The topological polar surface area (TPSA) is 32.6 Å². The van der Waals surface area contributed by atoms with Gasteiger partial charge in [-0.3, -0.25) is 4.99 Å². The minimum atomic E-state index is 0.311. The number of halogens is 1. The van der Waals surface area contributed by atoms with Crippen LogP contribution in [-0.4, -0.2) is 11.3 Å². The highest BCUT2D eigenvalue weighted by molar-refractivity contribution is 14.1. The second-order valence-electron chi connectivity index (χ2n) is 3.67. The molecule has 0 heterocycles. The molecule has 0 fully saturated rings. The Hall–Kier alpha value is -1.36. The molecular weight excluding hydrogens is 325 g/mol. The molecule has 0 saturated heterocycles. The van der Waals surface area contributed by atoms with E-state index in [9.17, 15) is 5.11 Å². The summed E-state index contributed by atoms with van der Waals surface area (Å²) in [5.41, 5.74) is 2.19. The minimum Gasteiger partial charge on any atom is -0.507 e. The lowest BCUT2D eigenvalue weighted by Crippen LogP contribution is -1.85. The van der Waals surface area contributed by atoms with Gasteiger partial charge in [0.1, 0.15) is 5.75 Å². The van der Waals surface area contributed by atoms with Crippen molar-refractivity contribution in [1.82, 2.24) is 0 Å². The predicted molar refractivity (Wildman–Crippen MR) is 78.6 cm³/mol. The summed E-state index contributed by atoms with van der Waals surface area (Å²) in [6, 6.07) is 15.6. The first-order valence-corrected chi connectivity index (χ1v) is 6.36. The quantitative estimate of drug-likeness (QED) is 0.673. The zero-order valence-corrected chi connectivity index (χ0v) is 11.3. The Morgan fingerprint density at radius 3 is 2.59 bits per heavy atom. The molecule has 1 N–H and O–H groups in total. The Morgan fingerprint density at radius 2 is 1.88 bits per heavy atom. The van der Waals surface area contributed by atoms with E-state index in [-0.39, 0.29) is 0 Å². The van der Waals surface area contributed by atoms with E-state index in [2.05, 4.69) is 39.7 Å². The fourth-order valence-corrected chi connectivity index (χ4v) is 1.98. The molecule has 86 valence electrons. The Bertz CT molecular complexity index is 523. The number of benzene rings is 2. The van der Waals surface area contributed by atoms with Crippen LogP contribution < -0.4 is 0 Å². The van der Waals surface area contributed by atoms with Crippen molar-refractivity contribution >= 4 is 28.8 Å². The summed E-state index contributed by atoms with van der Waals surface area (Å²) in [5, 5.41) is 9.40. The van der Waals surface area contributed by atoms with Crippen molar-refractivity contribution in [3.8, 4) is 5.75 Å². The Balaban J connectivity index is 2.03. The first-order chi connectivity index (χ1) is 8.25. The van der Waals surface area contributed by atoms with E-state index in [0.717, 1.165) is 9.13 Å². The molecule has 2 aromatic rings. The van der Waals surface area contributed by atoms with Gasteiger partial charge in [0.05, 0.1) is 10.1 Å². The van der Waals surface area contributed by atoms with Gasteiger partial charge in [0.2, 0.25) is 0 Å². The maximum absolute atomic E-state index is 9.40. The van der Waals surface area contributed by atoms with Gasteiger partial charge in [-0.25, -0.2) is 0 Å². The van der Waals surface area contributed by atoms with Crippen LogP contribution in [0.4, 0.5) is 0 Å². The number of nitrogens with zero attached hydrogens (tertiary/aromatic N) is 1. The van der Waals surface area contributed by atoms with Crippen LogP contribution in [0.25, 0.3) is 0 Å². The van der Waals surface area contributed by atoms with Gasteiger partial charge in [0.15, 0.2) is 0 Å². The van der Waals surface area contributed by atoms with E-state index < -0.39 is 0 Å². The maximum atomic E-state index is 9.40. The van der Waals surface area contributed by atoms with Gasteiger partial charge in [0.25, 0.3) is 0 Å². The number of rotatable bonds is 3. The van der Waals surface area contributed by atoms with Crippen molar-refractivity contribution in [2.24, 2.45) is 4.99 Å². The normalized spacial score (nSPS) is 10.9. The monoisotopic (exact) mass is 337 g/mol. The molecule has 0 saturated carbocycles. The van der Waals surface area contributed by atoms with Crippen LogP contribution in [-0.2, 0) is 6.54 Å². The SMILES string of the molecule is Oc1ccc(C=NCc2ccccc2)cc1I. The smallest absolute Gasteiger partial charge is 0.128 e. The maximum Gasteiger partial charge on any atom is 0.128 e. The van der Waals surface area contributed by atoms with Crippen molar-refractivity contribution in [3.05, 3.63) is 63.2 Å². The molecule has 0 amide bonds. The number of phenolic OH excluding ortho intramolecular Hbond substituents is 1. The van der Waals surface area contributed by atoms with Crippen molar-refractivity contribution in [1.29, 1.82) is 0 Å². The Morgan fingerprint density at radius 1 is 1.12 bits per heavy atom. The highest BCUT2D eigenvalue weighted by Crippen LogP contribution is 2.19. The van der Waals surface area contributed by atoms with Gasteiger partial charge in [-0.1, -0.05) is 30.3 Å². The second-order valence-corrected chi connectivity index (χ2v) is 4.83. The number of phenols is 1. The van der Waals surface area contributed by atoms with Crippen LogP contribution in [0.1, 0.15) is 11.1 Å². The van der Waals surface area contributed by atoms with Crippen LogP contribution >= 0.6 is 22.6 Å². The van der Waals surface area contributed by atoms with E-state index in [1.807, 2.05) is 36.5 Å². The first kappa shape index (κ1) is 12.1. The first-order valence-electron chi connectivity index (χ1n) is 5.28. The molecule has 0 aliphatic carbocycles. The highest BCUT2D eigenvalue weighted by atomic mass is 127. The van der Waals surface area contributed by atoms with Crippen molar-refractivity contribution in [2.75, 3.05) is 0 Å². The average molecular weight is 337 g/mol. The Kier molecular flexibility index (Phi) is 4.14. The molecular formula is C14H12INO. The molecule has 0 spiro atoms. The molecule has 0 bridgehead atoms. The third kappa shape index (κ3) is 3.56. The third-order valence-electron chi connectivity index (χ3n) is 2.33. The lowest BCUT2D eigenvalue weighted by molar-refractivity contribution is 0.471. The lowest BCUT2D eigenvalue weighted by Gasteiger charge is -1.98. The van der Waals surface area contributed by atoms with Crippen molar-refractivity contribution in [2.45, 2.75) is 6.54 Å². The summed E-state index contributed by atoms with van der Waals surface area (Å²) in [5.74, 6) is 0.311. The van der Waals surface area contributed by atoms with Gasteiger partial charge in [0, 0.05) is 6.21 Å². The van der Waals surface area contributed by atoms with Crippen LogP contribution in [0.5, 0.6) is 5.75 Å². The summed E-state index contributed by atoms with van der Waals surface area (Å²) >= 11 is 2.10. The highest BCUT2D eigenvalue weighted by Gasteiger charge is 1.96. The van der Waals surface area contributed by atoms with Gasteiger partial charge >= 0.3 is 0 Å². The third-order valence-corrected chi connectivity index (χ3v) is 3.19. The van der Waals surface area contributed by atoms with Gasteiger partial charge in [-0.15, -0.1) is 0 Å². The molecule has 0 aliphatic heterocycles. The average Bonchev–Trinajstić information content (AvgIpc) is 2.35. The summed E-state index contributed by atoms with van der Waals surface area (Å²) in [4.78, 5) is 4.37. The minimum absolute atomic E-state index is 0.311. The fraction of sp³-hybridized carbons (Fsp3) is 0.0714. The number of aliphatic imine (C=N–C) groups is 1. The van der Waals surface area contributed by atoms with E-state index in [0.29, 0.717) is 12.3 Å². The van der Waals surface area contributed by atoms with Gasteiger partial charge in [-0.05, 0) is 51.9 Å². The standard InChI is InChI=1S/C14H12INO/c15-13-8-12(6-7-14(13)17)10-16-9-11-4-2-1-3-5-11/h1-8,10,17H,9H2. The molecule has 2 rings (SSSR count). The molecule has 3 heteroatoms. The summed E-state index contributed by atoms with van der Waals surface area (Å²) in [6.07, 6.45) is 1.83. The van der Waals surface area contributed by atoms with E-state index >= 15 is 0 Å². The largest absolute Gasteiger partial charge is 0.507 e. The van der Waals surface area contributed by atoms with E-state index in [1.54, 1.807) is 6.07 Å². The molecule has 2 aromatic carbocycles. The van der Waals surface area contributed by atoms with Crippen molar-refractivity contribution in [3.63, 3.8) is 0 Å². The predicted octanol–water partition coefficient (Wildman–Crippen LogP) is 3.62. The Labute approximate surface area is 114 Å². The zero-order valence-electron chi connectivity index (χ0n) is 9.18. The second kappa shape index (κ2) is 5.82. The number of hydrogen-bond donors (Lipinski definition) is 1. The molecule has 0 aliphatic rings. The molecule has 0 aromatic heterocycles. The molecule has 2 nitrogen and oxygen atoms in total. The molecule has 17 heavy (non-hydrogen) atoms. The van der Waals surface area contributed by atoms with Crippen LogP contribution in [0.3, 0.4) is 0 Å². The number of hydrogen-bond acceptors (Lipinski definition) is 2. The van der Waals surface area contributed by atoms with Gasteiger partial charge < -0.3 is 5.11 Å². The lowest BCUT2D eigenvalue weighted by atomic mass is 10.2. The molecule has 0 unspecified atom stereocenters. The molecule has 0 radical (unpaired) electrons. The summed E-state index contributed by atoms with van der Waals surface area (Å²) in [7, 11) is 0. The van der Waals surface area contributed by atoms with Crippen LogP contribution in [0.15, 0.2) is 53.5 Å². The van der Waals surface area contributed by atoms with E-state index in [1.165, 1.54) is 5.56 Å². The summed E-state index contributed by atoms with van der Waals surface area (Å²) < 4.78 is 0.839. The summed E-state index contributed by atoms with van der Waals surface area (Å²) in [6.45, 7) is 0.679. The van der Waals surface area contributed by atoms with E-state index in [4.69, 9.17) is 0 Å². The number of aromatic hydroxyl groups is 1. The van der Waals surface area contributed by atoms with Crippen LogP contribution in [0.2, 0.25) is 0 Å².